The summed E-state index contributed by atoms with van der Waals surface area (Å²) < 4.78 is 24.0. The van der Waals surface area contributed by atoms with E-state index in [4.69, 9.17) is 9.47 Å². The van der Waals surface area contributed by atoms with Crippen molar-refractivity contribution in [3.63, 3.8) is 0 Å². The monoisotopic (exact) mass is 344 g/mol. The molecule has 1 saturated heterocycles. The van der Waals surface area contributed by atoms with Crippen LogP contribution >= 0.6 is 0 Å². The Kier molecular flexibility index (Phi) is 5.85. The molecular weight excluding hydrogens is 323 g/mol. The Labute approximate surface area is 146 Å². The van der Waals surface area contributed by atoms with Gasteiger partial charge in [0.1, 0.15) is 18.2 Å². The van der Waals surface area contributed by atoms with Crippen LogP contribution in [-0.2, 0) is 9.53 Å². The first-order valence-corrected chi connectivity index (χ1v) is 8.33. The van der Waals surface area contributed by atoms with Crippen molar-refractivity contribution in [1.29, 1.82) is 0 Å². The Morgan fingerprint density at radius 1 is 1.12 bits per heavy atom. The maximum absolute atomic E-state index is 12.8. The first-order valence-electron chi connectivity index (χ1n) is 8.33. The summed E-state index contributed by atoms with van der Waals surface area (Å²) in [7, 11) is 0. The van der Waals surface area contributed by atoms with E-state index in [1.807, 2.05) is 12.1 Å². The van der Waals surface area contributed by atoms with Crippen molar-refractivity contribution in [2.45, 2.75) is 18.9 Å². The van der Waals surface area contributed by atoms with E-state index in [-0.39, 0.29) is 24.4 Å². The number of halogens is 1. The summed E-state index contributed by atoms with van der Waals surface area (Å²) in [5.41, 5.74) is 1.38. The molecule has 0 bridgehead atoms. The lowest BCUT2D eigenvalue weighted by Gasteiger charge is -2.12. The third kappa shape index (κ3) is 5.46. The molecule has 0 aromatic heterocycles. The van der Waals surface area contributed by atoms with Crippen LogP contribution in [0.2, 0.25) is 0 Å². The van der Waals surface area contributed by atoms with Gasteiger partial charge in [-0.1, -0.05) is 0 Å². The summed E-state index contributed by atoms with van der Waals surface area (Å²) in [6.07, 6.45) is 2.30. The Morgan fingerprint density at radius 3 is 2.52 bits per heavy atom. The molecule has 1 heterocycles. The van der Waals surface area contributed by atoms with Crippen molar-refractivity contribution in [3.05, 3.63) is 54.3 Å². The fourth-order valence-electron chi connectivity index (χ4n) is 2.55. The first-order chi connectivity index (χ1) is 12.2. The fraction of sp³-hybridized carbons (Fsp3) is 0.316. The SMILES string of the molecule is O=C(CNc1ccc(F)cc1)Nc1ccc(OCC2CCCO2)cc1. The first kappa shape index (κ1) is 17.2. The molecule has 2 N–H and O–H groups in total. The highest BCUT2D eigenvalue weighted by molar-refractivity contribution is 5.93. The van der Waals surface area contributed by atoms with Gasteiger partial charge in [-0.15, -0.1) is 0 Å². The highest BCUT2D eigenvalue weighted by Crippen LogP contribution is 2.18. The minimum Gasteiger partial charge on any atom is -0.491 e. The average Bonchev–Trinajstić information content (AvgIpc) is 3.14. The van der Waals surface area contributed by atoms with E-state index >= 15 is 0 Å². The second-order valence-corrected chi connectivity index (χ2v) is 5.88. The van der Waals surface area contributed by atoms with Crippen LogP contribution in [0.3, 0.4) is 0 Å². The van der Waals surface area contributed by atoms with Gasteiger partial charge >= 0.3 is 0 Å². The van der Waals surface area contributed by atoms with Crippen LogP contribution in [-0.4, -0.2) is 31.8 Å². The van der Waals surface area contributed by atoms with Crippen LogP contribution in [0.25, 0.3) is 0 Å². The molecule has 1 amide bonds. The van der Waals surface area contributed by atoms with Gasteiger partial charge in [0.25, 0.3) is 0 Å². The van der Waals surface area contributed by atoms with Gasteiger partial charge in [0.15, 0.2) is 0 Å². The Hall–Kier alpha value is -2.60. The number of carbonyl (C=O) groups excluding carboxylic acids is 1. The minimum atomic E-state index is -0.309. The second kappa shape index (κ2) is 8.48. The predicted molar refractivity (Wildman–Crippen MR) is 94.4 cm³/mol. The van der Waals surface area contributed by atoms with Crippen LogP contribution in [0.5, 0.6) is 5.75 Å². The lowest BCUT2D eigenvalue weighted by molar-refractivity contribution is -0.114. The van der Waals surface area contributed by atoms with Gasteiger partial charge in [-0.3, -0.25) is 4.79 Å². The molecule has 5 nitrogen and oxygen atoms in total. The van der Waals surface area contributed by atoms with E-state index in [1.165, 1.54) is 12.1 Å². The number of hydrogen-bond acceptors (Lipinski definition) is 4. The van der Waals surface area contributed by atoms with Gasteiger partial charge in [0, 0.05) is 18.0 Å². The number of benzene rings is 2. The van der Waals surface area contributed by atoms with E-state index in [1.54, 1.807) is 24.3 Å². The number of rotatable bonds is 7. The van der Waals surface area contributed by atoms with E-state index in [0.29, 0.717) is 18.0 Å². The lowest BCUT2D eigenvalue weighted by Crippen LogP contribution is -2.21. The predicted octanol–water partition coefficient (Wildman–Crippen LogP) is 3.43. The average molecular weight is 344 g/mol. The normalized spacial score (nSPS) is 16.4. The van der Waals surface area contributed by atoms with E-state index in [0.717, 1.165) is 25.2 Å². The molecule has 0 aliphatic carbocycles. The molecule has 1 aliphatic rings. The zero-order chi connectivity index (χ0) is 17.5. The molecule has 1 atom stereocenters. The number of ether oxygens (including phenoxy) is 2. The van der Waals surface area contributed by atoms with E-state index in [2.05, 4.69) is 10.6 Å². The Morgan fingerprint density at radius 2 is 1.84 bits per heavy atom. The smallest absolute Gasteiger partial charge is 0.243 e. The summed E-state index contributed by atoms with van der Waals surface area (Å²) in [6, 6.07) is 13.1. The zero-order valence-electron chi connectivity index (χ0n) is 13.8. The number of nitrogens with one attached hydrogen (secondary N) is 2. The van der Waals surface area contributed by atoms with Crippen molar-refractivity contribution < 1.29 is 18.7 Å². The maximum atomic E-state index is 12.8. The molecule has 2 aromatic rings. The largest absolute Gasteiger partial charge is 0.491 e. The van der Waals surface area contributed by atoms with Crippen molar-refractivity contribution in [3.8, 4) is 5.75 Å². The van der Waals surface area contributed by atoms with E-state index in [9.17, 15) is 9.18 Å². The van der Waals surface area contributed by atoms with Crippen molar-refractivity contribution in [1.82, 2.24) is 0 Å². The van der Waals surface area contributed by atoms with Crippen LogP contribution in [0.4, 0.5) is 15.8 Å². The molecule has 0 saturated carbocycles. The maximum Gasteiger partial charge on any atom is 0.243 e. The standard InChI is InChI=1S/C19H21FN2O3/c20-14-3-5-15(6-4-14)21-12-19(23)22-16-7-9-17(10-8-16)25-13-18-2-1-11-24-18/h3-10,18,21H,1-2,11-13H2,(H,22,23). The highest BCUT2D eigenvalue weighted by atomic mass is 19.1. The number of amides is 1. The quantitative estimate of drug-likeness (QED) is 0.808. The molecule has 1 unspecified atom stereocenters. The van der Waals surface area contributed by atoms with Gasteiger partial charge in [-0.2, -0.15) is 0 Å². The van der Waals surface area contributed by atoms with Crippen LogP contribution in [0.15, 0.2) is 48.5 Å². The topological polar surface area (TPSA) is 59.6 Å². The third-order valence-electron chi connectivity index (χ3n) is 3.90. The minimum absolute atomic E-state index is 0.100. The zero-order valence-corrected chi connectivity index (χ0v) is 13.8. The molecule has 1 fully saturated rings. The summed E-state index contributed by atoms with van der Waals surface area (Å²) in [5.74, 6) is 0.257. The number of anilines is 2. The number of hydrogen-bond donors (Lipinski definition) is 2. The van der Waals surface area contributed by atoms with Crippen LogP contribution < -0.4 is 15.4 Å². The summed E-state index contributed by atoms with van der Waals surface area (Å²) >= 11 is 0. The Balaban J connectivity index is 1.42. The lowest BCUT2D eigenvalue weighted by atomic mass is 10.2. The van der Waals surface area contributed by atoms with Crippen molar-refractivity contribution in [2.75, 3.05) is 30.4 Å². The molecule has 2 aromatic carbocycles. The second-order valence-electron chi connectivity index (χ2n) is 5.88. The molecule has 132 valence electrons. The summed E-state index contributed by atoms with van der Waals surface area (Å²) in [6.45, 7) is 1.46. The van der Waals surface area contributed by atoms with Gasteiger partial charge in [0.05, 0.1) is 12.6 Å². The third-order valence-corrected chi connectivity index (χ3v) is 3.90. The summed E-state index contributed by atoms with van der Waals surface area (Å²) in [4.78, 5) is 11.9. The molecule has 6 heteroatoms. The van der Waals surface area contributed by atoms with Crippen molar-refractivity contribution in [2.24, 2.45) is 0 Å². The van der Waals surface area contributed by atoms with E-state index < -0.39 is 0 Å². The molecule has 3 rings (SSSR count). The number of carbonyl (C=O) groups is 1. The molecular formula is C19H21FN2O3. The van der Waals surface area contributed by atoms with Crippen LogP contribution in [0, 0.1) is 5.82 Å². The molecule has 0 spiro atoms. The molecule has 1 aliphatic heterocycles. The molecule has 0 radical (unpaired) electrons. The summed E-state index contributed by atoms with van der Waals surface area (Å²) in [5, 5.41) is 5.73. The van der Waals surface area contributed by atoms with Crippen LogP contribution in [0.1, 0.15) is 12.8 Å². The van der Waals surface area contributed by atoms with Crippen molar-refractivity contribution >= 4 is 17.3 Å². The van der Waals surface area contributed by atoms with Gasteiger partial charge in [-0.05, 0) is 61.4 Å². The Bertz CT molecular complexity index is 683. The van der Waals surface area contributed by atoms with Gasteiger partial charge in [0.2, 0.25) is 5.91 Å². The highest BCUT2D eigenvalue weighted by Gasteiger charge is 2.15. The molecule has 25 heavy (non-hydrogen) atoms. The van der Waals surface area contributed by atoms with Gasteiger partial charge in [-0.25, -0.2) is 4.39 Å². The fourth-order valence-corrected chi connectivity index (χ4v) is 2.55. The van der Waals surface area contributed by atoms with Gasteiger partial charge < -0.3 is 20.1 Å².